The predicted octanol–water partition coefficient (Wildman–Crippen LogP) is 0.658. The summed E-state index contributed by atoms with van der Waals surface area (Å²) in [7, 11) is -1.99. The van der Waals surface area contributed by atoms with Crippen LogP contribution in [-0.2, 0) is 10.0 Å². The van der Waals surface area contributed by atoms with Gasteiger partial charge in [-0.15, -0.1) is 0 Å². The molecule has 1 aromatic rings. The maximum Gasteiger partial charge on any atom is 0.213 e. The van der Waals surface area contributed by atoms with Crippen LogP contribution in [-0.4, -0.2) is 27.8 Å². The molecule has 0 aliphatic rings. The molecule has 5 nitrogen and oxygen atoms in total. The first-order valence-electron chi connectivity index (χ1n) is 4.84. The second-order valence-corrected chi connectivity index (χ2v) is 5.27. The fourth-order valence-corrected chi connectivity index (χ4v) is 1.78. The highest BCUT2D eigenvalue weighted by molar-refractivity contribution is 7.89. The van der Waals surface area contributed by atoms with Gasteiger partial charge in [0.25, 0.3) is 0 Å². The molecule has 0 fully saturated rings. The molecule has 0 radical (unpaired) electrons. The molecule has 0 bridgehead atoms. The molecular formula is C10H12FN3O2S. The van der Waals surface area contributed by atoms with Gasteiger partial charge < -0.3 is 5.32 Å². The van der Waals surface area contributed by atoms with Crippen molar-refractivity contribution in [2.75, 3.05) is 24.7 Å². The largest absolute Gasteiger partial charge is 0.383 e. The highest BCUT2D eigenvalue weighted by Gasteiger charge is 2.09. The smallest absolute Gasteiger partial charge is 0.213 e. The van der Waals surface area contributed by atoms with E-state index in [1.165, 1.54) is 25.2 Å². The molecule has 0 aliphatic carbocycles. The minimum Gasteiger partial charge on any atom is -0.383 e. The number of rotatable bonds is 5. The number of nitriles is 1. The van der Waals surface area contributed by atoms with Crippen LogP contribution < -0.4 is 10.0 Å². The summed E-state index contributed by atoms with van der Waals surface area (Å²) in [5.41, 5.74) is 0.174. The van der Waals surface area contributed by atoms with E-state index in [1.54, 1.807) is 6.07 Å². The Hall–Kier alpha value is -1.65. The molecule has 2 N–H and O–H groups in total. The number of anilines is 1. The molecule has 0 saturated carbocycles. The SMILES string of the molecule is CNS(=O)(=O)CCNc1cccc(F)c1C#N. The fraction of sp³-hybridized carbons (Fsp3) is 0.300. The molecular weight excluding hydrogens is 245 g/mol. The molecule has 0 amide bonds. The van der Waals surface area contributed by atoms with Gasteiger partial charge in [-0.3, -0.25) is 0 Å². The van der Waals surface area contributed by atoms with Crippen molar-refractivity contribution in [1.29, 1.82) is 5.26 Å². The number of hydrogen-bond acceptors (Lipinski definition) is 4. The Morgan fingerprint density at radius 2 is 2.18 bits per heavy atom. The molecule has 0 spiro atoms. The molecule has 1 aromatic carbocycles. The van der Waals surface area contributed by atoms with Crippen molar-refractivity contribution < 1.29 is 12.8 Å². The fourth-order valence-electron chi connectivity index (χ4n) is 1.21. The summed E-state index contributed by atoms with van der Waals surface area (Å²) in [6, 6.07) is 5.87. The van der Waals surface area contributed by atoms with Crippen LogP contribution in [0.15, 0.2) is 18.2 Å². The molecule has 0 saturated heterocycles. The van der Waals surface area contributed by atoms with Gasteiger partial charge in [0, 0.05) is 6.54 Å². The maximum absolute atomic E-state index is 13.2. The number of hydrogen-bond donors (Lipinski definition) is 2. The van der Waals surface area contributed by atoms with Crippen molar-refractivity contribution in [1.82, 2.24) is 4.72 Å². The lowest BCUT2D eigenvalue weighted by Gasteiger charge is -2.08. The Labute approximate surface area is 99.3 Å². The number of sulfonamides is 1. The predicted molar refractivity (Wildman–Crippen MR) is 62.5 cm³/mol. The maximum atomic E-state index is 13.2. The van der Waals surface area contributed by atoms with Gasteiger partial charge in [0.15, 0.2) is 0 Å². The Morgan fingerprint density at radius 1 is 1.47 bits per heavy atom. The second-order valence-electron chi connectivity index (χ2n) is 3.22. The lowest BCUT2D eigenvalue weighted by atomic mass is 10.2. The average Bonchev–Trinajstić information content (AvgIpc) is 2.29. The Kier molecular flexibility index (Phi) is 4.43. The normalized spacial score (nSPS) is 10.9. The lowest BCUT2D eigenvalue weighted by Crippen LogP contribution is -2.26. The molecule has 17 heavy (non-hydrogen) atoms. The minimum atomic E-state index is -3.31. The van der Waals surface area contributed by atoms with E-state index >= 15 is 0 Å². The second kappa shape index (κ2) is 5.61. The van der Waals surface area contributed by atoms with Crippen LogP contribution in [0.5, 0.6) is 0 Å². The van der Waals surface area contributed by atoms with Gasteiger partial charge in [-0.25, -0.2) is 17.5 Å². The lowest BCUT2D eigenvalue weighted by molar-refractivity contribution is 0.588. The molecule has 0 atom stereocenters. The zero-order valence-corrected chi connectivity index (χ0v) is 10.0. The third-order valence-electron chi connectivity index (χ3n) is 2.12. The average molecular weight is 257 g/mol. The Morgan fingerprint density at radius 3 is 2.76 bits per heavy atom. The van der Waals surface area contributed by atoms with Crippen LogP contribution in [0, 0.1) is 17.1 Å². The highest BCUT2D eigenvalue weighted by atomic mass is 32.2. The van der Waals surface area contributed by atoms with Crippen LogP contribution in [0.3, 0.4) is 0 Å². The van der Waals surface area contributed by atoms with E-state index in [9.17, 15) is 12.8 Å². The van der Waals surface area contributed by atoms with E-state index in [4.69, 9.17) is 5.26 Å². The first-order chi connectivity index (χ1) is 8.00. The topological polar surface area (TPSA) is 82.0 Å². The van der Waals surface area contributed by atoms with Crippen molar-refractivity contribution in [2.24, 2.45) is 0 Å². The van der Waals surface area contributed by atoms with Crippen molar-refractivity contribution >= 4 is 15.7 Å². The summed E-state index contributed by atoms with van der Waals surface area (Å²) in [4.78, 5) is 0. The van der Waals surface area contributed by atoms with E-state index in [1.807, 2.05) is 0 Å². The summed E-state index contributed by atoms with van der Waals surface area (Å²) in [5, 5.41) is 11.5. The van der Waals surface area contributed by atoms with Gasteiger partial charge in [0.1, 0.15) is 17.4 Å². The van der Waals surface area contributed by atoms with E-state index in [0.29, 0.717) is 5.69 Å². The first kappa shape index (κ1) is 13.4. The first-order valence-corrected chi connectivity index (χ1v) is 6.49. The van der Waals surface area contributed by atoms with Crippen LogP contribution in [0.4, 0.5) is 10.1 Å². The van der Waals surface area contributed by atoms with Crippen LogP contribution in [0.2, 0.25) is 0 Å². The Balaban J connectivity index is 2.72. The monoisotopic (exact) mass is 257 g/mol. The molecule has 0 unspecified atom stereocenters. The molecule has 0 heterocycles. The Bertz CT molecular complexity index is 537. The molecule has 0 aromatic heterocycles. The van der Waals surface area contributed by atoms with Gasteiger partial charge in [0.05, 0.1) is 11.4 Å². The molecule has 7 heteroatoms. The minimum absolute atomic E-state index is 0.0985. The third kappa shape index (κ3) is 3.69. The summed E-state index contributed by atoms with van der Waals surface area (Å²) in [5.74, 6) is -0.779. The number of nitrogens with zero attached hydrogens (tertiary/aromatic N) is 1. The summed E-state index contributed by atoms with van der Waals surface area (Å²) in [6.07, 6.45) is 0. The zero-order chi connectivity index (χ0) is 12.9. The summed E-state index contributed by atoms with van der Waals surface area (Å²) in [6.45, 7) is 0.0985. The van der Waals surface area contributed by atoms with E-state index in [0.717, 1.165) is 0 Å². The third-order valence-corrected chi connectivity index (χ3v) is 3.49. The molecule has 1 rings (SSSR count). The van der Waals surface area contributed by atoms with Gasteiger partial charge in [-0.05, 0) is 19.2 Å². The van der Waals surface area contributed by atoms with Crippen LogP contribution in [0.25, 0.3) is 0 Å². The van der Waals surface area contributed by atoms with Crippen LogP contribution in [0.1, 0.15) is 5.56 Å². The standard InChI is InChI=1S/C10H12FN3O2S/c1-13-17(15,16)6-5-14-10-4-2-3-9(11)8(10)7-12/h2-4,13-14H,5-6H2,1H3. The number of nitrogens with one attached hydrogen (secondary N) is 2. The van der Waals surface area contributed by atoms with E-state index in [2.05, 4.69) is 10.0 Å². The van der Waals surface area contributed by atoms with E-state index < -0.39 is 15.8 Å². The summed E-state index contributed by atoms with van der Waals surface area (Å²) >= 11 is 0. The van der Waals surface area contributed by atoms with Gasteiger partial charge in [-0.2, -0.15) is 5.26 Å². The molecule has 0 aliphatic heterocycles. The van der Waals surface area contributed by atoms with Crippen LogP contribution >= 0.6 is 0 Å². The van der Waals surface area contributed by atoms with Crippen molar-refractivity contribution in [3.8, 4) is 6.07 Å². The van der Waals surface area contributed by atoms with Gasteiger partial charge in [0.2, 0.25) is 10.0 Å². The quantitative estimate of drug-likeness (QED) is 0.811. The molecule has 92 valence electrons. The number of benzene rings is 1. The van der Waals surface area contributed by atoms with Crippen molar-refractivity contribution in [3.63, 3.8) is 0 Å². The highest BCUT2D eigenvalue weighted by Crippen LogP contribution is 2.17. The van der Waals surface area contributed by atoms with Crippen molar-refractivity contribution in [3.05, 3.63) is 29.6 Å². The van der Waals surface area contributed by atoms with E-state index in [-0.39, 0.29) is 17.9 Å². The van der Waals surface area contributed by atoms with Crippen molar-refractivity contribution in [2.45, 2.75) is 0 Å². The van der Waals surface area contributed by atoms with Gasteiger partial charge in [-0.1, -0.05) is 6.07 Å². The summed E-state index contributed by atoms with van der Waals surface area (Å²) < 4.78 is 37.6. The van der Waals surface area contributed by atoms with Gasteiger partial charge >= 0.3 is 0 Å². The number of halogens is 1. The zero-order valence-electron chi connectivity index (χ0n) is 9.20.